The normalized spacial score (nSPS) is 19.5. The molecule has 18 heavy (non-hydrogen) atoms. The van der Waals surface area contributed by atoms with E-state index < -0.39 is 0 Å². The van der Waals surface area contributed by atoms with Gasteiger partial charge in [-0.05, 0) is 50.3 Å². The van der Waals surface area contributed by atoms with E-state index in [-0.39, 0.29) is 6.61 Å². The molecule has 1 atom stereocenters. The van der Waals surface area contributed by atoms with E-state index in [0.717, 1.165) is 36.5 Å². The van der Waals surface area contributed by atoms with Crippen molar-refractivity contribution in [2.24, 2.45) is 5.73 Å². The van der Waals surface area contributed by atoms with Crippen LogP contribution in [-0.4, -0.2) is 29.3 Å². The van der Waals surface area contributed by atoms with Crippen molar-refractivity contribution in [1.29, 1.82) is 0 Å². The van der Waals surface area contributed by atoms with Crippen molar-refractivity contribution in [2.75, 3.05) is 18.1 Å². The lowest BCUT2D eigenvalue weighted by molar-refractivity contribution is 0.279. The van der Waals surface area contributed by atoms with E-state index in [0.29, 0.717) is 12.6 Å². The third-order valence-electron chi connectivity index (χ3n) is 3.60. The fraction of sp³-hybridized carbons (Fsp3) is 0.643. The average Bonchev–Trinajstić information content (AvgIpc) is 2.83. The van der Waals surface area contributed by atoms with Gasteiger partial charge in [-0.1, -0.05) is 0 Å². The third-order valence-corrected chi connectivity index (χ3v) is 3.60. The Morgan fingerprint density at radius 2 is 2.33 bits per heavy atom. The van der Waals surface area contributed by atoms with Gasteiger partial charge in [0.15, 0.2) is 0 Å². The lowest BCUT2D eigenvalue weighted by Gasteiger charge is -2.26. The zero-order valence-electron chi connectivity index (χ0n) is 11.1. The summed E-state index contributed by atoms with van der Waals surface area (Å²) in [5, 5.41) is 8.96. The van der Waals surface area contributed by atoms with E-state index in [1.165, 1.54) is 12.8 Å². The van der Waals surface area contributed by atoms with Gasteiger partial charge >= 0.3 is 0 Å². The van der Waals surface area contributed by atoms with Gasteiger partial charge in [0.1, 0.15) is 5.82 Å². The van der Waals surface area contributed by atoms with Crippen LogP contribution in [0.5, 0.6) is 0 Å². The number of hydrogen-bond acceptors (Lipinski definition) is 4. The number of rotatable bonds is 5. The molecule has 0 radical (unpaired) electrons. The first kappa shape index (κ1) is 13.3. The first-order valence-electron chi connectivity index (χ1n) is 6.79. The molecule has 0 aliphatic carbocycles. The lowest BCUT2D eigenvalue weighted by Crippen LogP contribution is -2.30. The van der Waals surface area contributed by atoms with Gasteiger partial charge in [0.25, 0.3) is 0 Å². The summed E-state index contributed by atoms with van der Waals surface area (Å²) in [7, 11) is 0. The molecule has 1 aromatic rings. The van der Waals surface area contributed by atoms with Crippen LogP contribution in [0.15, 0.2) is 12.1 Å². The molecule has 0 saturated carbocycles. The minimum atomic E-state index is 0.277. The standard InChI is InChI=1S/C14H23N3O/c1-11-8-12(10-15)9-14(16-11)17-6-2-4-13(17)5-3-7-18/h8-9,13,18H,2-7,10,15H2,1H3. The summed E-state index contributed by atoms with van der Waals surface area (Å²) < 4.78 is 0. The molecule has 1 aliphatic heterocycles. The van der Waals surface area contributed by atoms with Crippen molar-refractivity contribution in [3.05, 3.63) is 23.4 Å². The summed E-state index contributed by atoms with van der Waals surface area (Å²) >= 11 is 0. The first-order valence-corrected chi connectivity index (χ1v) is 6.79. The quantitative estimate of drug-likeness (QED) is 0.832. The monoisotopic (exact) mass is 249 g/mol. The smallest absolute Gasteiger partial charge is 0.129 e. The minimum absolute atomic E-state index is 0.277. The summed E-state index contributed by atoms with van der Waals surface area (Å²) in [5.74, 6) is 1.05. The van der Waals surface area contributed by atoms with E-state index >= 15 is 0 Å². The molecule has 1 saturated heterocycles. The minimum Gasteiger partial charge on any atom is -0.396 e. The number of nitrogens with two attached hydrogens (primary N) is 1. The first-order chi connectivity index (χ1) is 8.74. The van der Waals surface area contributed by atoms with Crippen LogP contribution in [0.25, 0.3) is 0 Å². The highest BCUT2D eigenvalue weighted by atomic mass is 16.2. The van der Waals surface area contributed by atoms with E-state index in [1.807, 2.05) is 13.0 Å². The molecule has 100 valence electrons. The molecule has 0 spiro atoms. The second-order valence-electron chi connectivity index (χ2n) is 5.03. The maximum atomic E-state index is 8.96. The highest BCUT2D eigenvalue weighted by molar-refractivity contribution is 5.44. The highest BCUT2D eigenvalue weighted by Crippen LogP contribution is 2.27. The van der Waals surface area contributed by atoms with Gasteiger partial charge in [-0.2, -0.15) is 0 Å². The van der Waals surface area contributed by atoms with Crippen molar-refractivity contribution in [2.45, 2.75) is 45.2 Å². The van der Waals surface area contributed by atoms with Gasteiger partial charge in [0.05, 0.1) is 0 Å². The highest BCUT2D eigenvalue weighted by Gasteiger charge is 2.25. The van der Waals surface area contributed by atoms with E-state index in [9.17, 15) is 0 Å². The lowest BCUT2D eigenvalue weighted by atomic mass is 10.1. The molecule has 0 aromatic carbocycles. The van der Waals surface area contributed by atoms with Crippen molar-refractivity contribution < 1.29 is 5.11 Å². The fourth-order valence-corrected chi connectivity index (χ4v) is 2.75. The summed E-state index contributed by atoms with van der Waals surface area (Å²) in [6.45, 7) is 3.92. The Bertz CT molecular complexity index is 395. The molecule has 3 N–H and O–H groups in total. The Balaban J connectivity index is 2.16. The molecule has 0 amide bonds. The number of pyridine rings is 1. The van der Waals surface area contributed by atoms with Crippen LogP contribution in [-0.2, 0) is 6.54 Å². The molecule has 1 aromatic heterocycles. The zero-order chi connectivity index (χ0) is 13.0. The second kappa shape index (κ2) is 6.16. The van der Waals surface area contributed by atoms with Crippen molar-refractivity contribution in [1.82, 2.24) is 4.98 Å². The van der Waals surface area contributed by atoms with Crippen LogP contribution in [0.4, 0.5) is 5.82 Å². The van der Waals surface area contributed by atoms with Crippen molar-refractivity contribution in [3.8, 4) is 0 Å². The Labute approximate surface area is 109 Å². The number of aliphatic hydroxyl groups is 1. The fourth-order valence-electron chi connectivity index (χ4n) is 2.75. The third kappa shape index (κ3) is 3.00. The van der Waals surface area contributed by atoms with Gasteiger partial charge in [0.2, 0.25) is 0 Å². The summed E-state index contributed by atoms with van der Waals surface area (Å²) in [6.07, 6.45) is 4.33. The molecule has 4 heteroatoms. The predicted octanol–water partition coefficient (Wildman–Crippen LogP) is 1.59. The topological polar surface area (TPSA) is 62.4 Å². The summed E-state index contributed by atoms with van der Waals surface area (Å²) in [5.41, 5.74) is 7.89. The zero-order valence-corrected chi connectivity index (χ0v) is 11.1. The molecule has 4 nitrogen and oxygen atoms in total. The Kier molecular flexibility index (Phi) is 4.55. The molecular formula is C14H23N3O. The molecule has 2 heterocycles. The van der Waals surface area contributed by atoms with Crippen LogP contribution < -0.4 is 10.6 Å². The molecule has 1 aliphatic rings. The van der Waals surface area contributed by atoms with Gasteiger partial charge in [-0.15, -0.1) is 0 Å². The number of aryl methyl sites for hydroxylation is 1. The number of hydrogen-bond donors (Lipinski definition) is 2. The van der Waals surface area contributed by atoms with Crippen LogP contribution in [0.1, 0.15) is 36.9 Å². The predicted molar refractivity (Wildman–Crippen MR) is 73.6 cm³/mol. The van der Waals surface area contributed by atoms with Crippen LogP contribution in [0, 0.1) is 6.92 Å². The van der Waals surface area contributed by atoms with E-state index in [4.69, 9.17) is 10.8 Å². The van der Waals surface area contributed by atoms with Gasteiger partial charge < -0.3 is 15.7 Å². The largest absolute Gasteiger partial charge is 0.396 e. The Hall–Kier alpha value is -1.13. The SMILES string of the molecule is Cc1cc(CN)cc(N2CCCC2CCCO)n1. The van der Waals surface area contributed by atoms with E-state index in [2.05, 4.69) is 16.0 Å². The molecule has 0 bridgehead atoms. The second-order valence-corrected chi connectivity index (χ2v) is 5.03. The summed E-state index contributed by atoms with van der Waals surface area (Å²) in [6, 6.07) is 4.67. The molecule has 1 fully saturated rings. The maximum absolute atomic E-state index is 8.96. The van der Waals surface area contributed by atoms with Crippen LogP contribution >= 0.6 is 0 Å². The Morgan fingerprint density at radius 1 is 1.50 bits per heavy atom. The maximum Gasteiger partial charge on any atom is 0.129 e. The average molecular weight is 249 g/mol. The molecule has 1 unspecified atom stereocenters. The van der Waals surface area contributed by atoms with Crippen LogP contribution in [0.2, 0.25) is 0 Å². The Morgan fingerprint density at radius 3 is 3.06 bits per heavy atom. The van der Waals surface area contributed by atoms with Gasteiger partial charge in [-0.25, -0.2) is 4.98 Å². The van der Waals surface area contributed by atoms with Crippen molar-refractivity contribution >= 4 is 5.82 Å². The molecule has 2 rings (SSSR count). The van der Waals surface area contributed by atoms with Gasteiger partial charge in [-0.3, -0.25) is 0 Å². The summed E-state index contributed by atoms with van der Waals surface area (Å²) in [4.78, 5) is 7.01. The number of aromatic nitrogens is 1. The number of anilines is 1. The number of aliphatic hydroxyl groups excluding tert-OH is 1. The number of nitrogens with zero attached hydrogens (tertiary/aromatic N) is 2. The van der Waals surface area contributed by atoms with Crippen LogP contribution in [0.3, 0.4) is 0 Å². The van der Waals surface area contributed by atoms with Crippen molar-refractivity contribution in [3.63, 3.8) is 0 Å². The van der Waals surface area contributed by atoms with Gasteiger partial charge in [0, 0.05) is 31.4 Å². The van der Waals surface area contributed by atoms with E-state index in [1.54, 1.807) is 0 Å². The molecular weight excluding hydrogens is 226 g/mol.